The molecule has 1 aromatic heterocycles. The van der Waals surface area contributed by atoms with Gasteiger partial charge in [-0.3, -0.25) is 4.68 Å². The summed E-state index contributed by atoms with van der Waals surface area (Å²) in [6.45, 7) is 4.99. The Kier molecular flexibility index (Phi) is 4.04. The van der Waals surface area contributed by atoms with Gasteiger partial charge in [0.15, 0.2) is 0 Å². The zero-order chi connectivity index (χ0) is 13.1. The van der Waals surface area contributed by atoms with Gasteiger partial charge in [0.25, 0.3) is 0 Å². The summed E-state index contributed by atoms with van der Waals surface area (Å²) in [5.74, 6) is 0. The predicted molar refractivity (Wildman–Crippen MR) is 75.0 cm³/mol. The second-order valence-electron chi connectivity index (χ2n) is 4.36. The van der Waals surface area contributed by atoms with Gasteiger partial charge in [-0.2, -0.15) is 5.10 Å². The maximum absolute atomic E-state index is 6.06. The summed E-state index contributed by atoms with van der Waals surface area (Å²) in [7, 11) is 1.96. The van der Waals surface area contributed by atoms with E-state index < -0.39 is 0 Å². The molecule has 0 aliphatic carbocycles. The van der Waals surface area contributed by atoms with Gasteiger partial charge in [0.05, 0.1) is 12.2 Å². The Morgan fingerprint density at radius 1 is 1.39 bits per heavy atom. The summed E-state index contributed by atoms with van der Waals surface area (Å²) >= 11 is 6.06. The second-order valence-corrected chi connectivity index (χ2v) is 4.77. The number of halogens is 1. The zero-order valence-electron chi connectivity index (χ0n) is 10.9. The molecule has 1 N–H and O–H groups in total. The standard InChI is InChI=1S/C14H18ClN3/c1-4-18-9-12(8-17-18)14(16-3)11-5-6-13(15)10(2)7-11/h5-9,14,16H,4H2,1-3H3. The Hall–Kier alpha value is -1.32. The van der Waals surface area contributed by atoms with Crippen LogP contribution in [0, 0.1) is 6.92 Å². The van der Waals surface area contributed by atoms with E-state index >= 15 is 0 Å². The van der Waals surface area contributed by atoms with Crippen LogP contribution in [0.15, 0.2) is 30.6 Å². The highest BCUT2D eigenvalue weighted by molar-refractivity contribution is 6.31. The van der Waals surface area contributed by atoms with Crippen LogP contribution in [0.1, 0.15) is 29.7 Å². The summed E-state index contributed by atoms with van der Waals surface area (Å²) in [5, 5.41) is 8.45. The van der Waals surface area contributed by atoms with Crippen LogP contribution in [0.25, 0.3) is 0 Å². The zero-order valence-corrected chi connectivity index (χ0v) is 11.7. The summed E-state index contributed by atoms with van der Waals surface area (Å²) in [6, 6.07) is 6.27. The predicted octanol–water partition coefficient (Wildman–Crippen LogP) is 3.17. The minimum Gasteiger partial charge on any atom is -0.309 e. The van der Waals surface area contributed by atoms with E-state index in [2.05, 4.69) is 35.7 Å². The van der Waals surface area contributed by atoms with E-state index in [1.54, 1.807) is 0 Å². The Balaban J connectivity index is 2.35. The van der Waals surface area contributed by atoms with Crippen molar-refractivity contribution in [1.29, 1.82) is 0 Å². The van der Waals surface area contributed by atoms with E-state index in [4.69, 9.17) is 11.6 Å². The monoisotopic (exact) mass is 263 g/mol. The second kappa shape index (κ2) is 5.55. The fraction of sp³-hybridized carbons (Fsp3) is 0.357. The molecule has 18 heavy (non-hydrogen) atoms. The molecule has 2 aromatic rings. The molecule has 3 nitrogen and oxygen atoms in total. The summed E-state index contributed by atoms with van der Waals surface area (Å²) in [4.78, 5) is 0. The number of nitrogens with zero attached hydrogens (tertiary/aromatic N) is 2. The van der Waals surface area contributed by atoms with Crippen molar-refractivity contribution in [3.8, 4) is 0 Å². The van der Waals surface area contributed by atoms with Gasteiger partial charge in [-0.25, -0.2) is 0 Å². The largest absolute Gasteiger partial charge is 0.309 e. The van der Waals surface area contributed by atoms with Gasteiger partial charge in [0.1, 0.15) is 0 Å². The van der Waals surface area contributed by atoms with E-state index in [0.29, 0.717) is 0 Å². The third kappa shape index (κ3) is 2.57. The number of hydrogen-bond acceptors (Lipinski definition) is 2. The lowest BCUT2D eigenvalue weighted by Gasteiger charge is -2.16. The average molecular weight is 264 g/mol. The van der Waals surface area contributed by atoms with Crippen LogP contribution in [-0.2, 0) is 6.54 Å². The number of benzene rings is 1. The quantitative estimate of drug-likeness (QED) is 0.918. The van der Waals surface area contributed by atoms with E-state index in [1.807, 2.05) is 30.9 Å². The summed E-state index contributed by atoms with van der Waals surface area (Å²) < 4.78 is 1.93. The first-order valence-corrected chi connectivity index (χ1v) is 6.49. The average Bonchev–Trinajstić information content (AvgIpc) is 2.83. The Labute approximate surface area is 113 Å². The van der Waals surface area contributed by atoms with Crippen LogP contribution < -0.4 is 5.32 Å². The van der Waals surface area contributed by atoms with Gasteiger partial charge >= 0.3 is 0 Å². The SMILES string of the molecule is CCn1cc(C(NC)c2ccc(Cl)c(C)c2)cn1. The third-order valence-electron chi connectivity index (χ3n) is 3.11. The highest BCUT2D eigenvalue weighted by Gasteiger charge is 2.14. The van der Waals surface area contributed by atoms with Crippen LogP contribution in [0.2, 0.25) is 5.02 Å². The van der Waals surface area contributed by atoms with Crippen LogP contribution in [-0.4, -0.2) is 16.8 Å². The molecule has 0 radical (unpaired) electrons. The van der Waals surface area contributed by atoms with Crippen LogP contribution in [0.3, 0.4) is 0 Å². The van der Waals surface area contributed by atoms with Gasteiger partial charge in [-0.05, 0) is 38.1 Å². The van der Waals surface area contributed by atoms with Crippen LogP contribution in [0.4, 0.5) is 0 Å². The lowest BCUT2D eigenvalue weighted by Crippen LogP contribution is -2.17. The van der Waals surface area contributed by atoms with Crippen molar-refractivity contribution < 1.29 is 0 Å². The molecule has 1 aromatic carbocycles. The topological polar surface area (TPSA) is 29.9 Å². The molecule has 0 aliphatic heterocycles. The third-order valence-corrected chi connectivity index (χ3v) is 3.54. The number of aromatic nitrogens is 2. The van der Waals surface area contributed by atoms with Crippen molar-refractivity contribution in [2.45, 2.75) is 26.4 Å². The molecule has 1 unspecified atom stereocenters. The molecule has 0 aliphatic rings. The molecule has 0 bridgehead atoms. The molecular formula is C14H18ClN3. The van der Waals surface area contributed by atoms with Gasteiger partial charge < -0.3 is 5.32 Å². The maximum Gasteiger partial charge on any atom is 0.0605 e. The Bertz CT molecular complexity index is 534. The Morgan fingerprint density at radius 2 is 2.17 bits per heavy atom. The fourth-order valence-corrected chi connectivity index (χ4v) is 2.19. The molecule has 96 valence electrons. The van der Waals surface area contributed by atoms with Gasteiger partial charge in [-0.1, -0.05) is 23.7 Å². The van der Waals surface area contributed by atoms with Crippen molar-refractivity contribution in [2.75, 3.05) is 7.05 Å². The van der Waals surface area contributed by atoms with E-state index in [9.17, 15) is 0 Å². The lowest BCUT2D eigenvalue weighted by atomic mass is 10.00. The fourth-order valence-electron chi connectivity index (χ4n) is 2.07. The summed E-state index contributed by atoms with van der Waals surface area (Å²) in [6.07, 6.45) is 3.99. The molecule has 0 fully saturated rings. The summed E-state index contributed by atoms with van der Waals surface area (Å²) in [5.41, 5.74) is 3.47. The molecule has 0 saturated carbocycles. The van der Waals surface area contributed by atoms with Crippen LogP contribution >= 0.6 is 11.6 Å². The van der Waals surface area contributed by atoms with Gasteiger partial charge in [0, 0.05) is 23.3 Å². The van der Waals surface area contributed by atoms with Crippen molar-refractivity contribution in [3.63, 3.8) is 0 Å². The molecule has 1 atom stereocenters. The first-order valence-electron chi connectivity index (χ1n) is 6.11. The smallest absolute Gasteiger partial charge is 0.0605 e. The van der Waals surface area contributed by atoms with Crippen molar-refractivity contribution in [1.82, 2.24) is 15.1 Å². The minimum atomic E-state index is 0.154. The molecular weight excluding hydrogens is 246 g/mol. The Morgan fingerprint density at radius 3 is 2.72 bits per heavy atom. The highest BCUT2D eigenvalue weighted by atomic mass is 35.5. The van der Waals surface area contributed by atoms with Crippen molar-refractivity contribution in [3.05, 3.63) is 52.3 Å². The normalized spacial score (nSPS) is 12.7. The maximum atomic E-state index is 6.06. The van der Waals surface area contributed by atoms with Crippen molar-refractivity contribution >= 4 is 11.6 Å². The molecule has 0 spiro atoms. The number of rotatable bonds is 4. The highest BCUT2D eigenvalue weighted by Crippen LogP contribution is 2.25. The lowest BCUT2D eigenvalue weighted by molar-refractivity contribution is 0.653. The van der Waals surface area contributed by atoms with E-state index in [1.165, 1.54) is 11.1 Å². The number of aryl methyl sites for hydroxylation is 2. The van der Waals surface area contributed by atoms with Gasteiger partial charge in [-0.15, -0.1) is 0 Å². The molecule has 1 heterocycles. The van der Waals surface area contributed by atoms with E-state index in [-0.39, 0.29) is 6.04 Å². The molecule has 0 amide bonds. The number of nitrogens with one attached hydrogen (secondary N) is 1. The van der Waals surface area contributed by atoms with Gasteiger partial charge in [0.2, 0.25) is 0 Å². The first-order chi connectivity index (χ1) is 8.65. The molecule has 2 rings (SSSR count). The minimum absolute atomic E-state index is 0.154. The number of hydrogen-bond donors (Lipinski definition) is 1. The first kappa shape index (κ1) is 13.1. The van der Waals surface area contributed by atoms with Crippen molar-refractivity contribution in [2.24, 2.45) is 0 Å². The van der Waals surface area contributed by atoms with E-state index in [0.717, 1.165) is 17.1 Å². The molecule has 4 heteroatoms. The molecule has 0 saturated heterocycles. The van der Waals surface area contributed by atoms with Crippen LogP contribution in [0.5, 0.6) is 0 Å².